The summed E-state index contributed by atoms with van der Waals surface area (Å²) in [6, 6.07) is 6.12. The van der Waals surface area contributed by atoms with E-state index in [9.17, 15) is 14.9 Å². The van der Waals surface area contributed by atoms with Gasteiger partial charge in [0, 0.05) is 10.9 Å². The van der Waals surface area contributed by atoms with Crippen molar-refractivity contribution in [2.75, 3.05) is 5.32 Å². The number of nitro groups is 1. The van der Waals surface area contributed by atoms with Crippen molar-refractivity contribution in [2.45, 2.75) is 34.2 Å². The summed E-state index contributed by atoms with van der Waals surface area (Å²) < 4.78 is 1.33. The summed E-state index contributed by atoms with van der Waals surface area (Å²) in [6.07, 6.45) is 0. The van der Waals surface area contributed by atoms with E-state index in [1.54, 1.807) is 13.8 Å². The van der Waals surface area contributed by atoms with Gasteiger partial charge in [-0.3, -0.25) is 19.6 Å². The predicted octanol–water partition coefficient (Wildman–Crippen LogP) is 3.79. The Hall–Kier alpha value is -3.07. The predicted molar refractivity (Wildman–Crippen MR) is 104 cm³/mol. The first-order valence-electron chi connectivity index (χ1n) is 8.27. The molecule has 0 spiro atoms. The number of benzene rings is 1. The zero-order valence-electron chi connectivity index (χ0n) is 15.4. The van der Waals surface area contributed by atoms with Crippen LogP contribution in [0.2, 0.25) is 0 Å². The number of thiazole rings is 1. The van der Waals surface area contributed by atoms with E-state index in [-0.39, 0.29) is 23.8 Å². The van der Waals surface area contributed by atoms with Gasteiger partial charge in [0.2, 0.25) is 5.91 Å². The van der Waals surface area contributed by atoms with Gasteiger partial charge in [-0.05, 0) is 33.3 Å². The van der Waals surface area contributed by atoms with Crippen molar-refractivity contribution in [1.82, 2.24) is 14.8 Å². The highest BCUT2D eigenvalue weighted by Crippen LogP contribution is 2.28. The maximum atomic E-state index is 12.3. The van der Waals surface area contributed by atoms with E-state index in [4.69, 9.17) is 0 Å². The monoisotopic (exact) mass is 385 g/mol. The summed E-state index contributed by atoms with van der Waals surface area (Å²) in [5, 5.41) is 20.2. The molecule has 3 rings (SSSR count). The highest BCUT2D eigenvalue weighted by Gasteiger charge is 2.23. The molecule has 0 aliphatic heterocycles. The van der Waals surface area contributed by atoms with Crippen LogP contribution in [0.1, 0.15) is 22.5 Å². The molecule has 0 aliphatic rings. The number of aryl methyl sites for hydroxylation is 3. The molecule has 1 amide bonds. The molecule has 0 saturated carbocycles. The Balaban J connectivity index is 1.73. The first kappa shape index (κ1) is 18.7. The fraction of sp³-hybridized carbons (Fsp3) is 0.278. The molecule has 8 nitrogen and oxygen atoms in total. The molecular formula is C18H19N5O3S. The summed E-state index contributed by atoms with van der Waals surface area (Å²) in [5.74, 6) is -0.336. The van der Waals surface area contributed by atoms with Gasteiger partial charge in [-0.2, -0.15) is 5.10 Å². The Bertz CT molecular complexity index is 1040. The van der Waals surface area contributed by atoms with Crippen LogP contribution in [0.5, 0.6) is 0 Å². The molecule has 0 atom stereocenters. The number of carbonyl (C=O) groups excluding carboxylic acids is 1. The fourth-order valence-electron chi connectivity index (χ4n) is 2.96. The van der Waals surface area contributed by atoms with Crippen molar-refractivity contribution in [2.24, 2.45) is 0 Å². The number of carbonyl (C=O) groups is 1. The van der Waals surface area contributed by atoms with Crippen molar-refractivity contribution in [3.8, 4) is 11.3 Å². The fourth-order valence-corrected chi connectivity index (χ4v) is 3.68. The molecule has 1 aromatic carbocycles. The number of hydrogen-bond acceptors (Lipinski definition) is 6. The molecule has 0 fully saturated rings. The number of aromatic nitrogens is 3. The second-order valence-corrected chi connectivity index (χ2v) is 7.20. The molecule has 3 aromatic rings. The van der Waals surface area contributed by atoms with Crippen molar-refractivity contribution >= 4 is 28.1 Å². The van der Waals surface area contributed by atoms with Crippen molar-refractivity contribution in [1.29, 1.82) is 0 Å². The van der Waals surface area contributed by atoms with Crippen LogP contribution in [-0.4, -0.2) is 25.6 Å². The maximum Gasteiger partial charge on any atom is 0.312 e. The van der Waals surface area contributed by atoms with Crippen LogP contribution in [0.4, 0.5) is 10.8 Å². The number of anilines is 1. The summed E-state index contributed by atoms with van der Waals surface area (Å²) in [7, 11) is 0. The van der Waals surface area contributed by atoms with Gasteiger partial charge in [0.1, 0.15) is 17.9 Å². The van der Waals surface area contributed by atoms with Crippen LogP contribution in [0.3, 0.4) is 0 Å². The molecule has 9 heteroatoms. The average molecular weight is 385 g/mol. The Morgan fingerprint density at radius 1 is 1.30 bits per heavy atom. The number of rotatable bonds is 5. The van der Waals surface area contributed by atoms with E-state index in [0.717, 1.165) is 16.8 Å². The second-order valence-electron chi connectivity index (χ2n) is 6.34. The minimum absolute atomic E-state index is 0.0609. The van der Waals surface area contributed by atoms with E-state index in [1.807, 2.05) is 31.4 Å². The van der Waals surface area contributed by atoms with Gasteiger partial charge in [0.25, 0.3) is 0 Å². The minimum Gasteiger partial charge on any atom is -0.300 e. The molecule has 0 saturated heterocycles. The lowest BCUT2D eigenvalue weighted by molar-refractivity contribution is -0.386. The van der Waals surface area contributed by atoms with E-state index in [2.05, 4.69) is 21.5 Å². The average Bonchev–Trinajstić information content (AvgIpc) is 3.12. The molecule has 0 bridgehead atoms. The molecule has 0 aliphatic carbocycles. The molecule has 0 radical (unpaired) electrons. The second kappa shape index (κ2) is 7.28. The first-order chi connectivity index (χ1) is 12.8. The third kappa shape index (κ3) is 3.87. The van der Waals surface area contributed by atoms with Gasteiger partial charge >= 0.3 is 5.69 Å². The van der Waals surface area contributed by atoms with Crippen LogP contribution in [0.25, 0.3) is 11.3 Å². The van der Waals surface area contributed by atoms with Crippen LogP contribution in [0.15, 0.2) is 23.6 Å². The number of nitrogens with one attached hydrogen (secondary N) is 1. The Morgan fingerprint density at radius 3 is 2.67 bits per heavy atom. The molecular weight excluding hydrogens is 366 g/mol. The van der Waals surface area contributed by atoms with Gasteiger partial charge < -0.3 is 5.32 Å². The normalized spacial score (nSPS) is 10.8. The van der Waals surface area contributed by atoms with Gasteiger partial charge in [0.05, 0.1) is 10.6 Å². The van der Waals surface area contributed by atoms with E-state index < -0.39 is 4.92 Å². The molecule has 2 aromatic heterocycles. The molecule has 1 N–H and O–H groups in total. The van der Waals surface area contributed by atoms with Crippen LogP contribution < -0.4 is 5.32 Å². The van der Waals surface area contributed by atoms with Crippen LogP contribution in [-0.2, 0) is 11.3 Å². The van der Waals surface area contributed by atoms with Crippen LogP contribution in [0, 0.1) is 37.8 Å². The lowest BCUT2D eigenvalue weighted by Crippen LogP contribution is -2.20. The minimum atomic E-state index is -0.483. The molecule has 0 unspecified atom stereocenters. The number of hydrogen-bond donors (Lipinski definition) is 1. The Labute approximate surface area is 160 Å². The van der Waals surface area contributed by atoms with Crippen molar-refractivity contribution in [3.63, 3.8) is 0 Å². The standard InChI is InChI=1S/C18H19N5O3S/c1-10-5-6-14(11(2)7-10)15-9-27-18(19-15)20-16(24)8-22-13(4)17(23(25)26)12(3)21-22/h5-7,9H,8H2,1-4H3,(H,19,20,24). The third-order valence-corrected chi connectivity index (χ3v) is 4.99. The summed E-state index contributed by atoms with van der Waals surface area (Å²) in [4.78, 5) is 27.4. The van der Waals surface area contributed by atoms with Crippen molar-refractivity contribution < 1.29 is 9.72 Å². The number of amides is 1. The Morgan fingerprint density at radius 2 is 2.04 bits per heavy atom. The quantitative estimate of drug-likeness (QED) is 0.532. The smallest absolute Gasteiger partial charge is 0.300 e. The van der Waals surface area contributed by atoms with E-state index in [0.29, 0.717) is 10.8 Å². The van der Waals surface area contributed by atoms with Crippen LogP contribution >= 0.6 is 11.3 Å². The SMILES string of the molecule is Cc1ccc(-c2csc(NC(=O)Cn3nc(C)c([N+](=O)[O-])c3C)n2)c(C)c1. The lowest BCUT2D eigenvalue weighted by Gasteiger charge is -2.05. The zero-order valence-corrected chi connectivity index (χ0v) is 16.3. The largest absolute Gasteiger partial charge is 0.312 e. The molecule has 2 heterocycles. The summed E-state index contributed by atoms with van der Waals surface area (Å²) in [5.41, 5.74) is 4.70. The summed E-state index contributed by atoms with van der Waals surface area (Å²) in [6.45, 7) is 7.07. The van der Waals surface area contributed by atoms with Gasteiger partial charge in [-0.1, -0.05) is 23.8 Å². The Kier molecular flexibility index (Phi) is 5.04. The molecule has 27 heavy (non-hydrogen) atoms. The van der Waals surface area contributed by atoms with E-state index >= 15 is 0 Å². The highest BCUT2D eigenvalue weighted by molar-refractivity contribution is 7.14. The zero-order chi connectivity index (χ0) is 19.7. The third-order valence-electron chi connectivity index (χ3n) is 4.23. The van der Waals surface area contributed by atoms with Crippen molar-refractivity contribution in [3.05, 3.63) is 56.2 Å². The summed E-state index contributed by atoms with van der Waals surface area (Å²) >= 11 is 1.33. The maximum absolute atomic E-state index is 12.3. The van der Waals surface area contributed by atoms with E-state index in [1.165, 1.54) is 21.6 Å². The molecule has 140 valence electrons. The van der Waals surface area contributed by atoms with Gasteiger partial charge in [-0.15, -0.1) is 11.3 Å². The lowest BCUT2D eigenvalue weighted by atomic mass is 10.0. The number of nitrogens with zero attached hydrogens (tertiary/aromatic N) is 4. The van der Waals surface area contributed by atoms with Gasteiger partial charge in [-0.25, -0.2) is 4.98 Å². The van der Waals surface area contributed by atoms with Gasteiger partial charge in [0.15, 0.2) is 5.13 Å². The topological polar surface area (TPSA) is 103 Å². The highest BCUT2D eigenvalue weighted by atomic mass is 32.1. The first-order valence-corrected chi connectivity index (χ1v) is 9.15.